The Kier molecular flexibility index (Phi) is 4.88. The molecule has 1 aromatic carbocycles. The zero-order chi connectivity index (χ0) is 19.2. The van der Waals surface area contributed by atoms with Crippen molar-refractivity contribution in [3.8, 4) is 0 Å². The van der Waals surface area contributed by atoms with Gasteiger partial charge in [-0.05, 0) is 31.9 Å². The molecule has 142 valence electrons. The Hall–Kier alpha value is -1.67. The average molecular weight is 423 g/mol. The van der Waals surface area contributed by atoms with E-state index in [4.69, 9.17) is 34.7 Å². The highest BCUT2D eigenvalue weighted by molar-refractivity contribution is 7.99. The lowest BCUT2D eigenvalue weighted by molar-refractivity contribution is 0.363. The van der Waals surface area contributed by atoms with Gasteiger partial charge in [-0.15, -0.1) is 0 Å². The number of anilines is 2. The molecule has 4 rings (SSSR count). The van der Waals surface area contributed by atoms with Crippen LogP contribution >= 0.6 is 35.0 Å². The number of fused-ring (bicyclic) bond motifs is 1. The third kappa shape index (κ3) is 3.57. The topological polar surface area (TPSA) is 96.9 Å². The molecule has 0 bridgehead atoms. The summed E-state index contributed by atoms with van der Waals surface area (Å²) in [6.45, 7) is 3.74. The number of benzene rings is 1. The van der Waals surface area contributed by atoms with Gasteiger partial charge in [0, 0.05) is 23.5 Å². The predicted molar refractivity (Wildman–Crippen MR) is 113 cm³/mol. The molecule has 27 heavy (non-hydrogen) atoms. The maximum Gasteiger partial charge on any atom is 0.159 e. The summed E-state index contributed by atoms with van der Waals surface area (Å²) >= 11 is 13.9. The molecule has 1 fully saturated rings. The molecule has 3 heterocycles. The van der Waals surface area contributed by atoms with Crippen LogP contribution in [0, 0.1) is 0 Å². The van der Waals surface area contributed by atoms with E-state index < -0.39 is 0 Å². The van der Waals surface area contributed by atoms with E-state index in [1.165, 1.54) is 11.8 Å². The van der Waals surface area contributed by atoms with Crippen LogP contribution < -0.4 is 16.4 Å². The molecule has 0 aliphatic carbocycles. The van der Waals surface area contributed by atoms with E-state index in [9.17, 15) is 0 Å². The van der Waals surface area contributed by atoms with E-state index >= 15 is 0 Å². The minimum Gasteiger partial charge on any atom is -0.383 e. The second kappa shape index (κ2) is 7.05. The van der Waals surface area contributed by atoms with Gasteiger partial charge >= 0.3 is 0 Å². The number of nitrogens with zero attached hydrogens (tertiary/aromatic N) is 3. The van der Waals surface area contributed by atoms with E-state index in [1.54, 1.807) is 12.4 Å². The number of nitrogens with two attached hydrogens (primary N) is 2. The standard InChI is InChI=1S/C18H20Cl2N6S/c1-18(22)5-7-26(8-6-18)17-14-13(23-9-24-14)15(16(21)25-17)27-11-4-2-3-10(19)12(11)20/h2-4,9H,5-8,22H2,1H3,(H2,21,25)(H,23,24). The maximum atomic E-state index is 6.34. The van der Waals surface area contributed by atoms with Crippen LogP contribution in [0.15, 0.2) is 34.3 Å². The number of aromatic amines is 1. The summed E-state index contributed by atoms with van der Waals surface area (Å²) in [6.07, 6.45) is 3.46. The third-order valence-electron chi connectivity index (χ3n) is 4.87. The number of piperidine rings is 1. The first-order chi connectivity index (χ1) is 12.9. The summed E-state index contributed by atoms with van der Waals surface area (Å²) < 4.78 is 0. The molecule has 0 atom stereocenters. The highest BCUT2D eigenvalue weighted by Crippen LogP contribution is 2.43. The van der Waals surface area contributed by atoms with Gasteiger partial charge < -0.3 is 21.4 Å². The first-order valence-corrected chi connectivity index (χ1v) is 10.2. The second-order valence-electron chi connectivity index (χ2n) is 7.07. The molecule has 1 aliphatic heterocycles. The molecule has 3 aromatic rings. The monoisotopic (exact) mass is 422 g/mol. The SMILES string of the molecule is CC1(N)CCN(c2nc(N)c(Sc3cccc(Cl)c3Cl)c3[nH]cnc23)CC1. The van der Waals surface area contributed by atoms with Crippen molar-refractivity contribution in [3.05, 3.63) is 34.6 Å². The Morgan fingerprint density at radius 1 is 1.26 bits per heavy atom. The predicted octanol–water partition coefficient (Wildman–Crippen LogP) is 4.32. The van der Waals surface area contributed by atoms with E-state index in [1.807, 2.05) is 12.1 Å². The van der Waals surface area contributed by atoms with Gasteiger partial charge in [0.25, 0.3) is 0 Å². The summed E-state index contributed by atoms with van der Waals surface area (Å²) in [5.74, 6) is 1.23. The summed E-state index contributed by atoms with van der Waals surface area (Å²) in [7, 11) is 0. The molecule has 2 aromatic heterocycles. The first kappa shape index (κ1) is 18.7. The Bertz CT molecular complexity index is 993. The largest absolute Gasteiger partial charge is 0.383 e. The summed E-state index contributed by atoms with van der Waals surface area (Å²) in [4.78, 5) is 16.2. The molecule has 0 radical (unpaired) electrons. The number of nitrogen functional groups attached to an aromatic ring is 1. The number of hydrogen-bond acceptors (Lipinski definition) is 6. The van der Waals surface area contributed by atoms with Crippen LogP contribution in [0.3, 0.4) is 0 Å². The first-order valence-electron chi connectivity index (χ1n) is 8.64. The van der Waals surface area contributed by atoms with Crippen molar-refractivity contribution in [1.82, 2.24) is 15.0 Å². The lowest BCUT2D eigenvalue weighted by atomic mass is 9.91. The van der Waals surface area contributed by atoms with Gasteiger partial charge in [0.1, 0.15) is 11.3 Å². The van der Waals surface area contributed by atoms with Crippen molar-refractivity contribution >= 4 is 57.6 Å². The van der Waals surface area contributed by atoms with Crippen molar-refractivity contribution in [2.75, 3.05) is 23.7 Å². The third-order valence-corrected chi connectivity index (χ3v) is 6.98. The van der Waals surface area contributed by atoms with Crippen LogP contribution in [0.2, 0.25) is 10.0 Å². The molecule has 1 saturated heterocycles. The summed E-state index contributed by atoms with van der Waals surface area (Å²) in [6, 6.07) is 5.52. The summed E-state index contributed by atoms with van der Waals surface area (Å²) in [5, 5.41) is 1.00. The molecule has 0 spiro atoms. The molecular weight excluding hydrogens is 403 g/mol. The van der Waals surface area contributed by atoms with Gasteiger partial charge in [-0.3, -0.25) is 0 Å². The molecule has 0 unspecified atom stereocenters. The van der Waals surface area contributed by atoms with Crippen LogP contribution in [0.25, 0.3) is 11.0 Å². The number of rotatable bonds is 3. The minimum absolute atomic E-state index is 0.133. The van der Waals surface area contributed by atoms with Crippen molar-refractivity contribution in [2.45, 2.75) is 35.1 Å². The lowest BCUT2D eigenvalue weighted by Gasteiger charge is -2.37. The summed E-state index contributed by atoms with van der Waals surface area (Å²) in [5.41, 5.74) is 14.1. The fourth-order valence-corrected chi connectivity index (χ4v) is 4.65. The fourth-order valence-electron chi connectivity index (χ4n) is 3.21. The number of nitrogens with one attached hydrogen (secondary N) is 1. The molecule has 6 nitrogen and oxygen atoms in total. The van der Waals surface area contributed by atoms with Crippen LogP contribution in [0.5, 0.6) is 0 Å². The van der Waals surface area contributed by atoms with Crippen LogP contribution in [-0.4, -0.2) is 33.6 Å². The van der Waals surface area contributed by atoms with Crippen molar-refractivity contribution in [3.63, 3.8) is 0 Å². The number of hydrogen-bond donors (Lipinski definition) is 3. The van der Waals surface area contributed by atoms with Crippen LogP contribution in [0.4, 0.5) is 11.6 Å². The Balaban J connectivity index is 1.73. The normalized spacial score (nSPS) is 16.8. The highest BCUT2D eigenvalue weighted by atomic mass is 35.5. The highest BCUT2D eigenvalue weighted by Gasteiger charge is 2.29. The minimum atomic E-state index is -0.133. The molecule has 1 aliphatic rings. The maximum absolute atomic E-state index is 6.34. The fraction of sp³-hybridized carbons (Fsp3) is 0.333. The van der Waals surface area contributed by atoms with Gasteiger partial charge in [-0.2, -0.15) is 0 Å². The number of aromatic nitrogens is 3. The average Bonchev–Trinajstić information content (AvgIpc) is 3.10. The number of pyridine rings is 1. The Morgan fingerprint density at radius 2 is 2.00 bits per heavy atom. The molecule has 0 amide bonds. The van der Waals surface area contributed by atoms with Crippen LogP contribution in [0.1, 0.15) is 19.8 Å². The van der Waals surface area contributed by atoms with E-state index in [0.717, 1.165) is 52.6 Å². The van der Waals surface area contributed by atoms with E-state index in [0.29, 0.717) is 15.9 Å². The lowest BCUT2D eigenvalue weighted by Crippen LogP contribution is -2.48. The second-order valence-corrected chi connectivity index (χ2v) is 8.91. The van der Waals surface area contributed by atoms with Gasteiger partial charge in [0.2, 0.25) is 0 Å². The quantitative estimate of drug-likeness (QED) is 0.581. The van der Waals surface area contributed by atoms with Gasteiger partial charge in [0.05, 0.1) is 26.8 Å². The molecule has 0 saturated carbocycles. The number of imidazole rings is 1. The van der Waals surface area contributed by atoms with Crippen molar-refractivity contribution in [2.24, 2.45) is 5.73 Å². The van der Waals surface area contributed by atoms with E-state index in [2.05, 4.69) is 26.8 Å². The Labute approximate surface area is 171 Å². The van der Waals surface area contributed by atoms with Gasteiger partial charge in [-0.25, -0.2) is 9.97 Å². The van der Waals surface area contributed by atoms with E-state index in [-0.39, 0.29) is 5.54 Å². The Morgan fingerprint density at radius 3 is 2.74 bits per heavy atom. The van der Waals surface area contributed by atoms with Crippen LogP contribution in [-0.2, 0) is 0 Å². The van der Waals surface area contributed by atoms with Gasteiger partial charge in [0.15, 0.2) is 5.82 Å². The number of H-pyrrole nitrogens is 1. The molecule has 9 heteroatoms. The van der Waals surface area contributed by atoms with Gasteiger partial charge in [-0.1, -0.05) is 41.0 Å². The zero-order valence-corrected chi connectivity index (χ0v) is 17.1. The number of halogens is 2. The molecular formula is C18H20Cl2N6S. The van der Waals surface area contributed by atoms with Crippen molar-refractivity contribution in [1.29, 1.82) is 0 Å². The zero-order valence-electron chi connectivity index (χ0n) is 14.8. The van der Waals surface area contributed by atoms with Crippen molar-refractivity contribution < 1.29 is 0 Å². The smallest absolute Gasteiger partial charge is 0.159 e. The molecule has 5 N–H and O–H groups in total.